The molecule has 0 saturated carbocycles. The van der Waals surface area contributed by atoms with E-state index in [0.717, 1.165) is 57.8 Å². The van der Waals surface area contributed by atoms with E-state index in [-0.39, 0.29) is 5.97 Å². The van der Waals surface area contributed by atoms with Crippen molar-refractivity contribution in [3.8, 4) is 0 Å². The van der Waals surface area contributed by atoms with E-state index >= 15 is 0 Å². The second-order valence-electron chi connectivity index (χ2n) is 6.74. The number of carbonyl (C=O) groups excluding carboxylic acids is 1. The number of unbranched alkanes of at least 4 members (excludes halogenated alkanes) is 6. The molecule has 0 aliphatic carbocycles. The Labute approximate surface area is 147 Å². The quantitative estimate of drug-likeness (QED) is 0.295. The van der Waals surface area contributed by atoms with Crippen LogP contribution in [0.2, 0.25) is 0 Å². The zero-order valence-corrected chi connectivity index (χ0v) is 15.6. The highest BCUT2D eigenvalue weighted by atomic mass is 16.5. The van der Waals surface area contributed by atoms with Crippen LogP contribution in [0.4, 0.5) is 0 Å². The molecule has 0 aliphatic heterocycles. The number of hydrogen-bond donors (Lipinski definition) is 3. The number of rotatable bonds is 16. The smallest absolute Gasteiger partial charge is 0.305 e. The lowest BCUT2D eigenvalue weighted by molar-refractivity contribution is -0.140. The normalized spacial score (nSPS) is 15.0. The van der Waals surface area contributed by atoms with E-state index in [1.807, 2.05) is 0 Å². The molecule has 0 radical (unpaired) electrons. The van der Waals surface area contributed by atoms with Crippen LogP contribution >= 0.6 is 0 Å². The van der Waals surface area contributed by atoms with Gasteiger partial charge in [-0.1, -0.05) is 51.9 Å². The molecule has 0 aromatic rings. The molecule has 0 amide bonds. The summed E-state index contributed by atoms with van der Waals surface area (Å²) in [5, 5.41) is 29.7. The van der Waals surface area contributed by atoms with Gasteiger partial charge in [0.2, 0.25) is 0 Å². The van der Waals surface area contributed by atoms with Gasteiger partial charge in [-0.15, -0.1) is 0 Å². The maximum atomic E-state index is 10.9. The van der Waals surface area contributed by atoms with E-state index in [0.29, 0.717) is 25.7 Å². The highest BCUT2D eigenvalue weighted by Gasteiger charge is 2.17. The number of methoxy groups -OCH3 is 1. The van der Waals surface area contributed by atoms with Gasteiger partial charge in [0.25, 0.3) is 0 Å². The Hall–Kier alpha value is -0.650. The lowest BCUT2D eigenvalue weighted by Crippen LogP contribution is -2.27. The third kappa shape index (κ3) is 13.8. The Bertz CT molecular complexity index is 295. The fraction of sp³-hybridized carbons (Fsp3) is 0.947. The summed E-state index contributed by atoms with van der Waals surface area (Å²) in [4.78, 5) is 10.9. The van der Waals surface area contributed by atoms with Crippen molar-refractivity contribution in [3.63, 3.8) is 0 Å². The first-order valence-electron chi connectivity index (χ1n) is 9.62. The van der Waals surface area contributed by atoms with Crippen molar-refractivity contribution >= 4 is 5.97 Å². The molecule has 0 saturated heterocycles. The van der Waals surface area contributed by atoms with Gasteiger partial charge in [0.15, 0.2) is 0 Å². The Balaban J connectivity index is 3.51. The fourth-order valence-electron chi connectivity index (χ4n) is 2.78. The molecule has 0 bridgehead atoms. The van der Waals surface area contributed by atoms with Gasteiger partial charge in [0.05, 0.1) is 25.4 Å². The van der Waals surface area contributed by atoms with Gasteiger partial charge >= 0.3 is 5.97 Å². The van der Waals surface area contributed by atoms with Crippen LogP contribution in [0.15, 0.2) is 0 Å². The molecule has 24 heavy (non-hydrogen) atoms. The van der Waals surface area contributed by atoms with Crippen LogP contribution in [-0.4, -0.2) is 46.7 Å². The van der Waals surface area contributed by atoms with Crippen molar-refractivity contribution in [1.29, 1.82) is 0 Å². The Morgan fingerprint density at radius 1 is 0.792 bits per heavy atom. The van der Waals surface area contributed by atoms with Crippen molar-refractivity contribution in [1.82, 2.24) is 0 Å². The first kappa shape index (κ1) is 23.4. The zero-order valence-electron chi connectivity index (χ0n) is 15.6. The molecule has 0 fully saturated rings. The number of aliphatic hydroxyl groups excluding tert-OH is 3. The molecule has 3 N–H and O–H groups in total. The molecule has 5 heteroatoms. The van der Waals surface area contributed by atoms with Crippen LogP contribution in [0.3, 0.4) is 0 Å². The van der Waals surface area contributed by atoms with E-state index < -0.39 is 18.3 Å². The first-order valence-corrected chi connectivity index (χ1v) is 9.62. The van der Waals surface area contributed by atoms with Crippen LogP contribution in [0.5, 0.6) is 0 Å². The minimum absolute atomic E-state index is 0.152. The average Bonchev–Trinajstić information content (AvgIpc) is 2.58. The van der Waals surface area contributed by atoms with Gasteiger partial charge in [0, 0.05) is 6.42 Å². The molecular formula is C19H38O5. The molecule has 0 heterocycles. The predicted molar refractivity (Wildman–Crippen MR) is 95.7 cm³/mol. The van der Waals surface area contributed by atoms with Crippen molar-refractivity contribution in [2.45, 2.75) is 109 Å². The molecule has 0 spiro atoms. The SMILES string of the molecule is CCCCC[C@H](O)[C@@H](O)CC[C@@H](O)CCCCCCCC(=O)OC. The molecule has 0 aromatic carbocycles. The van der Waals surface area contributed by atoms with Gasteiger partial charge < -0.3 is 20.1 Å². The molecule has 0 rings (SSSR count). The van der Waals surface area contributed by atoms with Crippen LogP contribution in [-0.2, 0) is 9.53 Å². The summed E-state index contributed by atoms with van der Waals surface area (Å²) in [6.07, 6.45) is 9.07. The van der Waals surface area contributed by atoms with Gasteiger partial charge in [-0.3, -0.25) is 4.79 Å². The third-order valence-corrected chi connectivity index (χ3v) is 4.49. The molecule has 0 aliphatic rings. The van der Waals surface area contributed by atoms with Crippen LogP contribution in [0.1, 0.15) is 90.4 Å². The van der Waals surface area contributed by atoms with Crippen LogP contribution in [0.25, 0.3) is 0 Å². The highest BCUT2D eigenvalue weighted by Crippen LogP contribution is 2.15. The summed E-state index contributed by atoms with van der Waals surface area (Å²) in [6.45, 7) is 2.11. The second kappa shape index (κ2) is 15.9. The van der Waals surface area contributed by atoms with E-state index in [9.17, 15) is 20.1 Å². The molecule has 144 valence electrons. The topological polar surface area (TPSA) is 87.0 Å². The molecule has 5 nitrogen and oxygen atoms in total. The number of hydrogen-bond acceptors (Lipinski definition) is 5. The van der Waals surface area contributed by atoms with E-state index in [2.05, 4.69) is 11.7 Å². The van der Waals surface area contributed by atoms with Gasteiger partial charge in [-0.05, 0) is 32.1 Å². The van der Waals surface area contributed by atoms with Crippen molar-refractivity contribution in [3.05, 3.63) is 0 Å². The maximum absolute atomic E-state index is 10.9. The Kier molecular flexibility index (Phi) is 15.4. The van der Waals surface area contributed by atoms with E-state index in [1.54, 1.807) is 0 Å². The molecule has 0 unspecified atom stereocenters. The van der Waals surface area contributed by atoms with Crippen molar-refractivity contribution < 1.29 is 24.9 Å². The fourth-order valence-corrected chi connectivity index (χ4v) is 2.78. The lowest BCUT2D eigenvalue weighted by atomic mass is 9.98. The largest absolute Gasteiger partial charge is 0.469 e. The molecular weight excluding hydrogens is 308 g/mol. The minimum Gasteiger partial charge on any atom is -0.469 e. The summed E-state index contributed by atoms with van der Waals surface area (Å²) < 4.78 is 4.59. The lowest BCUT2D eigenvalue weighted by Gasteiger charge is -2.19. The molecule has 0 aromatic heterocycles. The average molecular weight is 347 g/mol. The van der Waals surface area contributed by atoms with Gasteiger partial charge in [-0.2, -0.15) is 0 Å². The van der Waals surface area contributed by atoms with E-state index in [4.69, 9.17) is 0 Å². The number of aliphatic hydroxyl groups is 3. The third-order valence-electron chi connectivity index (χ3n) is 4.49. The Morgan fingerprint density at radius 3 is 2.04 bits per heavy atom. The molecule has 3 atom stereocenters. The summed E-state index contributed by atoms with van der Waals surface area (Å²) in [7, 11) is 1.41. The van der Waals surface area contributed by atoms with E-state index in [1.165, 1.54) is 7.11 Å². The minimum atomic E-state index is -0.727. The van der Waals surface area contributed by atoms with Crippen molar-refractivity contribution in [2.75, 3.05) is 7.11 Å². The summed E-state index contributed by atoms with van der Waals surface area (Å²) in [5.74, 6) is -0.152. The van der Waals surface area contributed by atoms with Gasteiger partial charge in [0.1, 0.15) is 0 Å². The predicted octanol–water partition coefficient (Wildman–Crippen LogP) is 3.33. The summed E-state index contributed by atoms with van der Waals surface area (Å²) >= 11 is 0. The van der Waals surface area contributed by atoms with Crippen LogP contribution in [0, 0.1) is 0 Å². The second-order valence-corrected chi connectivity index (χ2v) is 6.74. The standard InChI is InChI=1S/C19H38O5/c1-3-4-8-12-17(21)18(22)15-14-16(20)11-9-6-5-7-10-13-19(23)24-2/h16-18,20-22H,3-15H2,1-2H3/t16-,17-,18-/m0/s1. The highest BCUT2D eigenvalue weighted by molar-refractivity contribution is 5.68. The zero-order chi connectivity index (χ0) is 18.2. The maximum Gasteiger partial charge on any atom is 0.305 e. The summed E-state index contributed by atoms with van der Waals surface area (Å²) in [6, 6.07) is 0. The Morgan fingerprint density at radius 2 is 1.38 bits per heavy atom. The first-order chi connectivity index (χ1) is 11.5. The number of ether oxygens (including phenoxy) is 1. The van der Waals surface area contributed by atoms with Crippen LogP contribution < -0.4 is 0 Å². The number of carbonyl (C=O) groups is 1. The monoisotopic (exact) mass is 346 g/mol. The van der Waals surface area contributed by atoms with Crippen molar-refractivity contribution in [2.24, 2.45) is 0 Å². The summed E-state index contributed by atoms with van der Waals surface area (Å²) in [5.41, 5.74) is 0. The van der Waals surface area contributed by atoms with Gasteiger partial charge in [-0.25, -0.2) is 0 Å². The number of esters is 1.